The van der Waals surface area contributed by atoms with E-state index in [2.05, 4.69) is 50.2 Å². The maximum atomic E-state index is 5.65. The summed E-state index contributed by atoms with van der Waals surface area (Å²) in [5, 5.41) is 0. The van der Waals surface area contributed by atoms with Crippen LogP contribution in [0.25, 0.3) is 0 Å². The maximum absolute atomic E-state index is 5.65. The number of hydrogen-bond donors (Lipinski definition) is 0. The minimum atomic E-state index is -0.198. The van der Waals surface area contributed by atoms with Crippen molar-refractivity contribution in [3.05, 3.63) is 58.7 Å². The first kappa shape index (κ1) is 20.3. The van der Waals surface area contributed by atoms with E-state index in [0.29, 0.717) is 0 Å². The van der Waals surface area contributed by atoms with E-state index < -0.39 is 0 Å². The molecule has 3 aliphatic rings. The van der Waals surface area contributed by atoms with Gasteiger partial charge in [0.15, 0.2) is 11.5 Å². The van der Waals surface area contributed by atoms with Gasteiger partial charge in [-0.05, 0) is 62.8 Å². The molecule has 0 radical (unpaired) electrons. The van der Waals surface area contributed by atoms with E-state index in [1.807, 2.05) is 0 Å². The average Bonchev–Trinajstić information content (AvgIpc) is 2.77. The zero-order valence-electron chi connectivity index (χ0n) is 19.1. The summed E-state index contributed by atoms with van der Waals surface area (Å²) >= 11 is 0. The molecule has 0 atom stereocenters. The first-order valence-electron chi connectivity index (χ1n) is 11.5. The fraction of sp³-hybridized carbons (Fsp3) is 0.481. The van der Waals surface area contributed by atoms with E-state index in [1.54, 1.807) is 14.2 Å². The Balaban J connectivity index is 1.73. The van der Waals surface area contributed by atoms with Crippen molar-refractivity contribution in [3.8, 4) is 11.5 Å². The molecule has 2 aromatic rings. The first-order chi connectivity index (χ1) is 14.9. The summed E-state index contributed by atoms with van der Waals surface area (Å²) in [6.07, 6.45) is 8.09. The maximum Gasteiger partial charge on any atom is 0.161 e. The average molecular weight is 417 g/mol. The Morgan fingerprint density at radius 3 is 2.16 bits per heavy atom. The standard InChI is InChI=1S/C27H32N2O2/c1-26(2)16-19-14-22(30-3)23(31-4)15-21(19)25(28-26)24-20-11-7-6-10-18(20)17-27(29-24)12-8-5-9-13-27/h6-7,10-11,14-15H,5,8-9,12-13,16-17H2,1-4H3. The molecular weight excluding hydrogens is 384 g/mol. The monoisotopic (exact) mass is 416 g/mol. The summed E-state index contributed by atoms with van der Waals surface area (Å²) in [5.41, 5.74) is 6.89. The number of rotatable bonds is 3. The zero-order chi connectivity index (χ0) is 21.6. The molecule has 1 fully saturated rings. The molecule has 2 heterocycles. The molecule has 0 N–H and O–H groups in total. The molecule has 4 heteroatoms. The Kier molecular flexibility index (Phi) is 4.91. The van der Waals surface area contributed by atoms with Crippen LogP contribution >= 0.6 is 0 Å². The van der Waals surface area contributed by atoms with Crippen LogP contribution in [-0.2, 0) is 12.8 Å². The third kappa shape index (κ3) is 3.56. The van der Waals surface area contributed by atoms with E-state index in [0.717, 1.165) is 41.3 Å². The van der Waals surface area contributed by atoms with Crippen LogP contribution in [0, 0.1) is 0 Å². The van der Waals surface area contributed by atoms with Gasteiger partial charge in [0.25, 0.3) is 0 Å². The molecule has 0 bridgehead atoms. The van der Waals surface area contributed by atoms with Gasteiger partial charge in [0.2, 0.25) is 0 Å². The summed E-state index contributed by atoms with van der Waals surface area (Å²) in [4.78, 5) is 10.8. The van der Waals surface area contributed by atoms with Gasteiger partial charge in [-0.2, -0.15) is 0 Å². The topological polar surface area (TPSA) is 43.2 Å². The number of benzene rings is 2. The van der Waals surface area contributed by atoms with E-state index in [1.165, 1.54) is 48.8 Å². The molecule has 5 rings (SSSR count). The van der Waals surface area contributed by atoms with E-state index in [9.17, 15) is 0 Å². The highest BCUT2D eigenvalue weighted by atomic mass is 16.5. The molecule has 0 aromatic heterocycles. The van der Waals surface area contributed by atoms with Crippen LogP contribution in [0.5, 0.6) is 11.5 Å². The lowest BCUT2D eigenvalue weighted by atomic mass is 9.73. The Morgan fingerprint density at radius 1 is 0.742 bits per heavy atom. The van der Waals surface area contributed by atoms with E-state index in [-0.39, 0.29) is 11.1 Å². The number of fused-ring (bicyclic) bond motifs is 2. The largest absolute Gasteiger partial charge is 0.493 e. The van der Waals surface area contributed by atoms with Crippen LogP contribution in [0.1, 0.15) is 68.2 Å². The van der Waals surface area contributed by atoms with Crippen LogP contribution in [0.15, 0.2) is 46.4 Å². The molecule has 0 unspecified atom stereocenters. The number of aliphatic imine (C=N–C) groups is 2. The van der Waals surface area contributed by atoms with Gasteiger partial charge in [-0.25, -0.2) is 0 Å². The number of ether oxygens (including phenoxy) is 2. The van der Waals surface area contributed by atoms with Crippen LogP contribution in [0.2, 0.25) is 0 Å². The lowest BCUT2D eigenvalue weighted by Crippen LogP contribution is -2.41. The fourth-order valence-electron chi connectivity index (χ4n) is 5.61. The molecule has 1 aliphatic carbocycles. The van der Waals surface area contributed by atoms with Crippen LogP contribution in [0.3, 0.4) is 0 Å². The van der Waals surface area contributed by atoms with Crippen molar-refractivity contribution >= 4 is 11.4 Å². The van der Waals surface area contributed by atoms with Gasteiger partial charge in [0, 0.05) is 11.1 Å². The molecule has 0 saturated heterocycles. The second kappa shape index (κ2) is 7.51. The number of hydrogen-bond acceptors (Lipinski definition) is 4. The lowest BCUT2D eigenvalue weighted by Gasteiger charge is -2.39. The van der Waals surface area contributed by atoms with Crippen molar-refractivity contribution in [2.75, 3.05) is 14.2 Å². The fourth-order valence-corrected chi connectivity index (χ4v) is 5.61. The van der Waals surface area contributed by atoms with Gasteiger partial charge in [0.1, 0.15) is 0 Å². The normalized spacial score (nSPS) is 20.9. The molecule has 1 spiro atoms. The summed E-state index contributed by atoms with van der Waals surface area (Å²) in [6.45, 7) is 4.41. The van der Waals surface area contributed by atoms with Gasteiger partial charge in [-0.3, -0.25) is 9.98 Å². The number of nitrogens with zero attached hydrogens (tertiary/aromatic N) is 2. The van der Waals surface area contributed by atoms with Gasteiger partial charge in [0.05, 0.1) is 36.7 Å². The Bertz CT molecular complexity index is 1070. The van der Waals surface area contributed by atoms with Crippen LogP contribution in [-0.4, -0.2) is 36.7 Å². The van der Waals surface area contributed by atoms with Crippen molar-refractivity contribution in [1.29, 1.82) is 0 Å². The SMILES string of the molecule is COc1cc2c(cc1OC)C(C1=NC3(CCCCC3)Cc3ccccc31)=NC(C)(C)C2. The minimum absolute atomic E-state index is 0.0166. The van der Waals surface area contributed by atoms with Crippen molar-refractivity contribution in [2.24, 2.45) is 9.98 Å². The van der Waals surface area contributed by atoms with Crippen molar-refractivity contribution in [3.63, 3.8) is 0 Å². The second-order valence-electron chi connectivity index (χ2n) is 9.89. The Hall–Kier alpha value is -2.62. The molecule has 2 aliphatic heterocycles. The highest BCUT2D eigenvalue weighted by Gasteiger charge is 2.39. The van der Waals surface area contributed by atoms with Crippen LogP contribution in [0.4, 0.5) is 0 Å². The Labute approximate surface area is 185 Å². The second-order valence-corrected chi connectivity index (χ2v) is 9.89. The third-order valence-electron chi connectivity index (χ3n) is 7.05. The molecule has 1 saturated carbocycles. The van der Waals surface area contributed by atoms with E-state index >= 15 is 0 Å². The molecule has 31 heavy (non-hydrogen) atoms. The summed E-state index contributed by atoms with van der Waals surface area (Å²) in [6, 6.07) is 13.0. The lowest BCUT2D eigenvalue weighted by molar-refractivity contribution is 0.294. The molecule has 162 valence electrons. The van der Waals surface area contributed by atoms with Crippen molar-refractivity contribution < 1.29 is 9.47 Å². The smallest absolute Gasteiger partial charge is 0.161 e. The quantitative estimate of drug-likeness (QED) is 0.656. The minimum Gasteiger partial charge on any atom is -0.493 e. The summed E-state index contributed by atoms with van der Waals surface area (Å²) < 4.78 is 11.3. The summed E-state index contributed by atoms with van der Waals surface area (Å²) in [7, 11) is 3.39. The Morgan fingerprint density at radius 2 is 1.42 bits per heavy atom. The van der Waals surface area contributed by atoms with Crippen molar-refractivity contribution in [1.82, 2.24) is 0 Å². The van der Waals surface area contributed by atoms with Gasteiger partial charge < -0.3 is 9.47 Å². The van der Waals surface area contributed by atoms with E-state index in [4.69, 9.17) is 19.5 Å². The van der Waals surface area contributed by atoms with Gasteiger partial charge in [-0.15, -0.1) is 0 Å². The molecule has 4 nitrogen and oxygen atoms in total. The highest BCUT2D eigenvalue weighted by molar-refractivity contribution is 6.54. The van der Waals surface area contributed by atoms with Crippen LogP contribution < -0.4 is 9.47 Å². The zero-order valence-corrected chi connectivity index (χ0v) is 19.1. The third-order valence-corrected chi connectivity index (χ3v) is 7.05. The predicted molar refractivity (Wildman–Crippen MR) is 126 cm³/mol. The summed E-state index contributed by atoms with van der Waals surface area (Å²) in [5.74, 6) is 1.51. The highest BCUT2D eigenvalue weighted by Crippen LogP contribution is 2.42. The molecule has 0 amide bonds. The van der Waals surface area contributed by atoms with Gasteiger partial charge in [-0.1, -0.05) is 43.5 Å². The number of methoxy groups -OCH3 is 2. The predicted octanol–water partition coefficient (Wildman–Crippen LogP) is 5.58. The van der Waals surface area contributed by atoms with Crippen molar-refractivity contribution in [2.45, 2.75) is 69.9 Å². The first-order valence-corrected chi connectivity index (χ1v) is 11.5. The molecular formula is C27H32N2O2. The molecule has 2 aromatic carbocycles. The van der Waals surface area contributed by atoms with Gasteiger partial charge >= 0.3 is 0 Å².